The Bertz CT molecular complexity index is 153. The lowest BCUT2D eigenvalue weighted by Crippen LogP contribution is -2.41. The molecule has 2 atom stereocenters. The highest BCUT2D eigenvalue weighted by Crippen LogP contribution is 2.16. The fourth-order valence-electron chi connectivity index (χ4n) is 1.30. The van der Waals surface area contributed by atoms with Gasteiger partial charge in [-0.05, 0) is 19.3 Å². The molecular weight excluding hydrogens is 126 g/mol. The Morgan fingerprint density at radius 1 is 1.80 bits per heavy atom. The molecule has 0 saturated carbocycles. The molecule has 1 amide bonds. The zero-order valence-corrected chi connectivity index (χ0v) is 6.26. The van der Waals surface area contributed by atoms with E-state index >= 15 is 0 Å². The zero-order chi connectivity index (χ0) is 7.56. The maximum absolute atomic E-state index is 10.8. The first-order valence-corrected chi connectivity index (χ1v) is 3.66. The normalized spacial score (nSPS) is 33.1. The number of carbonyl (C=O) groups excluding carboxylic acids is 1. The Labute approximate surface area is 61.3 Å². The Hall–Kier alpha value is -0.790. The second-order valence-electron chi connectivity index (χ2n) is 2.79. The van der Waals surface area contributed by atoms with E-state index in [9.17, 15) is 4.79 Å². The van der Waals surface area contributed by atoms with Gasteiger partial charge in [0.15, 0.2) is 0 Å². The highest BCUT2D eigenvalue weighted by molar-refractivity contribution is 5.77. The lowest BCUT2D eigenvalue weighted by molar-refractivity contribution is -0.123. The van der Waals surface area contributed by atoms with Crippen molar-refractivity contribution in [3.63, 3.8) is 0 Å². The fraction of sp³-hybridized carbons (Fsp3) is 0.625. The predicted molar refractivity (Wildman–Crippen MR) is 40.5 cm³/mol. The molecule has 1 aliphatic heterocycles. The van der Waals surface area contributed by atoms with E-state index in [1.54, 1.807) is 0 Å². The minimum Gasteiger partial charge on any atom is -0.353 e. The topological polar surface area (TPSA) is 29.1 Å². The second-order valence-corrected chi connectivity index (χ2v) is 2.79. The molecule has 2 heteroatoms. The van der Waals surface area contributed by atoms with Crippen molar-refractivity contribution in [2.24, 2.45) is 5.92 Å². The van der Waals surface area contributed by atoms with Gasteiger partial charge in [0.25, 0.3) is 0 Å². The third-order valence-corrected chi connectivity index (χ3v) is 2.04. The molecule has 56 valence electrons. The molecule has 1 aliphatic rings. The molecule has 0 aliphatic carbocycles. The van der Waals surface area contributed by atoms with E-state index in [1.807, 2.05) is 13.0 Å². The third-order valence-electron chi connectivity index (χ3n) is 2.04. The van der Waals surface area contributed by atoms with Crippen molar-refractivity contribution in [2.75, 3.05) is 0 Å². The molecule has 0 aromatic rings. The first kappa shape index (κ1) is 7.32. The molecular formula is C8H13NO. The molecule has 1 fully saturated rings. The van der Waals surface area contributed by atoms with Crippen molar-refractivity contribution in [3.8, 4) is 0 Å². The average molecular weight is 139 g/mol. The number of nitrogens with one attached hydrogen (secondary N) is 1. The summed E-state index contributed by atoms with van der Waals surface area (Å²) >= 11 is 0. The smallest absolute Gasteiger partial charge is 0.220 e. The third kappa shape index (κ3) is 1.38. The van der Waals surface area contributed by atoms with E-state index in [0.29, 0.717) is 12.3 Å². The highest BCUT2D eigenvalue weighted by atomic mass is 16.1. The van der Waals surface area contributed by atoms with Crippen LogP contribution in [0.2, 0.25) is 0 Å². The van der Waals surface area contributed by atoms with Crippen LogP contribution in [-0.4, -0.2) is 11.9 Å². The fourth-order valence-corrected chi connectivity index (χ4v) is 1.30. The average Bonchev–Trinajstić information content (AvgIpc) is 1.88. The van der Waals surface area contributed by atoms with Crippen molar-refractivity contribution >= 4 is 5.91 Å². The van der Waals surface area contributed by atoms with Crippen molar-refractivity contribution in [1.82, 2.24) is 5.32 Å². The lowest BCUT2D eigenvalue weighted by atomic mass is 9.92. The lowest BCUT2D eigenvalue weighted by Gasteiger charge is -2.26. The first-order chi connectivity index (χ1) is 4.74. The quantitative estimate of drug-likeness (QED) is 0.541. The molecule has 0 aromatic heterocycles. The monoisotopic (exact) mass is 139 g/mol. The van der Waals surface area contributed by atoms with Crippen LogP contribution in [0.3, 0.4) is 0 Å². The van der Waals surface area contributed by atoms with Gasteiger partial charge >= 0.3 is 0 Å². The summed E-state index contributed by atoms with van der Waals surface area (Å²) in [7, 11) is 0. The van der Waals surface area contributed by atoms with Gasteiger partial charge in [0.2, 0.25) is 5.91 Å². The maximum atomic E-state index is 10.8. The Morgan fingerprint density at radius 2 is 2.50 bits per heavy atom. The molecule has 0 radical (unpaired) electrons. The second kappa shape index (κ2) is 2.86. The van der Waals surface area contributed by atoms with E-state index in [4.69, 9.17) is 0 Å². The molecule has 2 nitrogen and oxygen atoms in total. The Kier molecular flexibility index (Phi) is 2.10. The Morgan fingerprint density at radius 3 is 3.00 bits per heavy atom. The SMILES string of the molecule is C=CC1CCC(=O)NC1C. The van der Waals surface area contributed by atoms with Crippen LogP contribution in [0.25, 0.3) is 0 Å². The number of hydrogen-bond donors (Lipinski definition) is 1. The standard InChI is InChI=1S/C8H13NO/c1-3-7-4-5-8(10)9-6(7)2/h3,6-7H,1,4-5H2,2H3,(H,9,10). The summed E-state index contributed by atoms with van der Waals surface area (Å²) in [4.78, 5) is 10.8. The predicted octanol–water partition coefficient (Wildman–Crippen LogP) is 1.09. The molecule has 1 rings (SSSR count). The molecule has 0 bridgehead atoms. The van der Waals surface area contributed by atoms with Gasteiger partial charge < -0.3 is 5.32 Å². The summed E-state index contributed by atoms with van der Waals surface area (Å²) in [5.41, 5.74) is 0. The molecule has 10 heavy (non-hydrogen) atoms. The summed E-state index contributed by atoms with van der Waals surface area (Å²) < 4.78 is 0. The van der Waals surface area contributed by atoms with Gasteiger partial charge in [0, 0.05) is 12.5 Å². The van der Waals surface area contributed by atoms with Crippen molar-refractivity contribution in [3.05, 3.63) is 12.7 Å². The van der Waals surface area contributed by atoms with Gasteiger partial charge in [0.05, 0.1) is 0 Å². The first-order valence-electron chi connectivity index (χ1n) is 3.66. The minimum absolute atomic E-state index is 0.172. The number of amides is 1. The summed E-state index contributed by atoms with van der Waals surface area (Å²) in [6.07, 6.45) is 3.53. The molecule has 1 N–H and O–H groups in total. The summed E-state index contributed by atoms with van der Waals surface area (Å²) in [5.74, 6) is 0.642. The number of rotatable bonds is 1. The van der Waals surface area contributed by atoms with Crippen LogP contribution in [0.15, 0.2) is 12.7 Å². The summed E-state index contributed by atoms with van der Waals surface area (Å²) in [6.45, 7) is 5.73. The summed E-state index contributed by atoms with van der Waals surface area (Å²) in [5, 5.41) is 2.87. The Balaban J connectivity index is 2.50. The van der Waals surface area contributed by atoms with E-state index < -0.39 is 0 Å². The number of piperidine rings is 1. The van der Waals surface area contributed by atoms with Gasteiger partial charge in [-0.1, -0.05) is 6.08 Å². The van der Waals surface area contributed by atoms with Gasteiger partial charge in [-0.2, -0.15) is 0 Å². The molecule has 0 aromatic carbocycles. The van der Waals surface area contributed by atoms with Crippen molar-refractivity contribution in [2.45, 2.75) is 25.8 Å². The van der Waals surface area contributed by atoms with Crippen LogP contribution in [-0.2, 0) is 4.79 Å². The van der Waals surface area contributed by atoms with Crippen LogP contribution < -0.4 is 5.32 Å². The largest absolute Gasteiger partial charge is 0.353 e. The highest BCUT2D eigenvalue weighted by Gasteiger charge is 2.21. The van der Waals surface area contributed by atoms with Gasteiger partial charge in [-0.15, -0.1) is 6.58 Å². The van der Waals surface area contributed by atoms with Crippen LogP contribution in [0.4, 0.5) is 0 Å². The van der Waals surface area contributed by atoms with Gasteiger partial charge in [-0.3, -0.25) is 4.79 Å². The number of hydrogen-bond acceptors (Lipinski definition) is 1. The molecule has 1 heterocycles. The molecule has 2 unspecified atom stereocenters. The van der Waals surface area contributed by atoms with Crippen molar-refractivity contribution < 1.29 is 4.79 Å². The summed E-state index contributed by atoms with van der Waals surface area (Å²) in [6, 6.07) is 0.277. The minimum atomic E-state index is 0.172. The van der Waals surface area contributed by atoms with Crippen LogP contribution in [0.1, 0.15) is 19.8 Å². The van der Waals surface area contributed by atoms with E-state index in [1.165, 1.54) is 0 Å². The van der Waals surface area contributed by atoms with Crippen LogP contribution in [0, 0.1) is 5.92 Å². The molecule has 1 saturated heterocycles. The number of carbonyl (C=O) groups is 1. The zero-order valence-electron chi connectivity index (χ0n) is 6.26. The van der Waals surface area contributed by atoms with Gasteiger partial charge in [-0.25, -0.2) is 0 Å². The van der Waals surface area contributed by atoms with Crippen LogP contribution in [0.5, 0.6) is 0 Å². The van der Waals surface area contributed by atoms with E-state index in [-0.39, 0.29) is 11.9 Å². The van der Waals surface area contributed by atoms with Crippen LogP contribution >= 0.6 is 0 Å². The van der Waals surface area contributed by atoms with Gasteiger partial charge in [0.1, 0.15) is 0 Å². The van der Waals surface area contributed by atoms with Crippen molar-refractivity contribution in [1.29, 1.82) is 0 Å². The molecule has 0 spiro atoms. The van der Waals surface area contributed by atoms with E-state index in [2.05, 4.69) is 11.9 Å². The maximum Gasteiger partial charge on any atom is 0.220 e. The van der Waals surface area contributed by atoms with E-state index in [0.717, 1.165) is 6.42 Å².